The number of aryl methyl sites for hydroxylation is 1. The predicted molar refractivity (Wildman–Crippen MR) is 76.7 cm³/mol. The summed E-state index contributed by atoms with van der Waals surface area (Å²) in [5.74, 6) is 0.281. The summed E-state index contributed by atoms with van der Waals surface area (Å²) < 4.78 is 5.58. The summed E-state index contributed by atoms with van der Waals surface area (Å²) in [7, 11) is 0. The van der Waals surface area contributed by atoms with E-state index in [2.05, 4.69) is 0 Å². The molecule has 2 rings (SSSR count). The fourth-order valence-electron chi connectivity index (χ4n) is 1.94. The summed E-state index contributed by atoms with van der Waals surface area (Å²) in [5, 5.41) is 11.0. The van der Waals surface area contributed by atoms with Gasteiger partial charge in [-0.3, -0.25) is 10.1 Å². The van der Waals surface area contributed by atoms with Crippen LogP contribution in [0.2, 0.25) is 0 Å². The van der Waals surface area contributed by atoms with Crippen LogP contribution in [0.5, 0.6) is 5.75 Å². The summed E-state index contributed by atoms with van der Waals surface area (Å²) in [6, 6.07) is 14.0. The van der Waals surface area contributed by atoms with Crippen molar-refractivity contribution in [2.75, 3.05) is 6.61 Å². The van der Waals surface area contributed by atoms with Crippen LogP contribution in [0.15, 0.2) is 48.5 Å². The lowest BCUT2D eigenvalue weighted by molar-refractivity contribution is -0.385. The number of nitro groups is 1. The van der Waals surface area contributed by atoms with Gasteiger partial charge in [-0.2, -0.15) is 0 Å². The summed E-state index contributed by atoms with van der Waals surface area (Å²) >= 11 is 0. The molecule has 0 radical (unpaired) electrons. The van der Waals surface area contributed by atoms with Gasteiger partial charge in [0.05, 0.1) is 11.0 Å². The quantitative estimate of drug-likeness (QED) is 0.670. The van der Waals surface area contributed by atoms with E-state index in [0.717, 1.165) is 11.1 Å². The number of hydrogen-bond donors (Lipinski definition) is 1. The van der Waals surface area contributed by atoms with Gasteiger partial charge < -0.3 is 10.5 Å². The molecule has 2 N–H and O–H groups in total. The molecule has 5 heteroatoms. The van der Waals surface area contributed by atoms with E-state index in [-0.39, 0.29) is 24.1 Å². The third-order valence-corrected chi connectivity index (χ3v) is 3.02. The van der Waals surface area contributed by atoms with E-state index in [1.807, 2.05) is 30.3 Å². The van der Waals surface area contributed by atoms with Crippen molar-refractivity contribution in [2.24, 2.45) is 5.73 Å². The van der Waals surface area contributed by atoms with Crippen LogP contribution >= 0.6 is 0 Å². The van der Waals surface area contributed by atoms with Crippen LogP contribution in [0, 0.1) is 17.0 Å². The van der Waals surface area contributed by atoms with E-state index >= 15 is 0 Å². The molecule has 5 nitrogen and oxygen atoms in total. The number of nitro benzene ring substituents is 1. The van der Waals surface area contributed by atoms with Gasteiger partial charge in [0.15, 0.2) is 5.75 Å². The minimum Gasteiger partial charge on any atom is -0.485 e. The van der Waals surface area contributed by atoms with Gasteiger partial charge in [0.25, 0.3) is 0 Å². The Bertz CT molecular complexity index is 599. The molecule has 0 aliphatic carbocycles. The molecular weight excluding hydrogens is 256 g/mol. The second-order valence-electron chi connectivity index (χ2n) is 4.51. The Morgan fingerprint density at radius 3 is 2.55 bits per heavy atom. The molecule has 20 heavy (non-hydrogen) atoms. The lowest BCUT2D eigenvalue weighted by Gasteiger charge is -2.14. The van der Waals surface area contributed by atoms with Crippen molar-refractivity contribution in [3.63, 3.8) is 0 Å². The van der Waals surface area contributed by atoms with E-state index in [1.54, 1.807) is 19.1 Å². The number of nitrogens with two attached hydrogens (primary N) is 1. The van der Waals surface area contributed by atoms with Crippen LogP contribution in [0.3, 0.4) is 0 Å². The molecule has 0 spiro atoms. The minimum atomic E-state index is -0.448. The number of nitrogens with zero attached hydrogens (tertiary/aromatic N) is 1. The zero-order valence-electron chi connectivity index (χ0n) is 11.2. The Labute approximate surface area is 117 Å². The minimum absolute atomic E-state index is 0.0368. The Kier molecular flexibility index (Phi) is 4.32. The molecule has 1 unspecified atom stereocenters. The third kappa shape index (κ3) is 3.13. The second kappa shape index (κ2) is 6.16. The highest BCUT2D eigenvalue weighted by molar-refractivity contribution is 5.51. The fraction of sp³-hybridized carbons (Fsp3) is 0.200. The van der Waals surface area contributed by atoms with Crippen molar-refractivity contribution in [3.05, 3.63) is 69.8 Å². The SMILES string of the molecule is Cc1cccc([N+](=O)[O-])c1OCC(N)c1ccccc1. The zero-order chi connectivity index (χ0) is 14.5. The van der Waals surface area contributed by atoms with Crippen molar-refractivity contribution in [2.45, 2.75) is 13.0 Å². The van der Waals surface area contributed by atoms with Crippen LogP contribution in [0.25, 0.3) is 0 Å². The summed E-state index contributed by atoms with van der Waals surface area (Å²) in [6.45, 7) is 1.96. The van der Waals surface area contributed by atoms with E-state index < -0.39 is 4.92 Å². The number of rotatable bonds is 5. The van der Waals surface area contributed by atoms with Crippen LogP contribution in [0.4, 0.5) is 5.69 Å². The summed E-state index contributed by atoms with van der Waals surface area (Å²) in [6.07, 6.45) is 0. The smallest absolute Gasteiger partial charge is 0.311 e. The maximum absolute atomic E-state index is 11.0. The van der Waals surface area contributed by atoms with Gasteiger partial charge in [-0.15, -0.1) is 0 Å². The van der Waals surface area contributed by atoms with Crippen molar-refractivity contribution < 1.29 is 9.66 Å². The van der Waals surface area contributed by atoms with Crippen molar-refractivity contribution in [1.29, 1.82) is 0 Å². The van der Waals surface area contributed by atoms with Crippen molar-refractivity contribution >= 4 is 5.69 Å². The predicted octanol–water partition coefficient (Wildman–Crippen LogP) is 2.98. The highest BCUT2D eigenvalue weighted by atomic mass is 16.6. The molecule has 0 saturated carbocycles. The molecule has 0 aliphatic heterocycles. The van der Waals surface area contributed by atoms with Gasteiger partial charge in [0.2, 0.25) is 0 Å². The van der Waals surface area contributed by atoms with Crippen LogP contribution in [-0.2, 0) is 0 Å². The number of ether oxygens (including phenoxy) is 1. The maximum Gasteiger partial charge on any atom is 0.311 e. The molecule has 2 aromatic rings. The third-order valence-electron chi connectivity index (χ3n) is 3.02. The zero-order valence-corrected chi connectivity index (χ0v) is 11.2. The molecule has 1 atom stereocenters. The van der Waals surface area contributed by atoms with E-state index in [4.69, 9.17) is 10.5 Å². The Morgan fingerprint density at radius 2 is 1.90 bits per heavy atom. The van der Waals surface area contributed by atoms with E-state index in [1.165, 1.54) is 6.07 Å². The first-order valence-corrected chi connectivity index (χ1v) is 6.27. The molecule has 0 bridgehead atoms. The lowest BCUT2D eigenvalue weighted by atomic mass is 10.1. The molecule has 0 saturated heterocycles. The Hall–Kier alpha value is -2.40. The Balaban J connectivity index is 2.13. The molecule has 0 fully saturated rings. The summed E-state index contributed by atoms with van der Waals surface area (Å²) in [5.41, 5.74) is 7.64. The molecule has 0 heterocycles. The molecule has 0 aliphatic rings. The lowest BCUT2D eigenvalue weighted by Crippen LogP contribution is -2.19. The van der Waals surface area contributed by atoms with Gasteiger partial charge in [-0.25, -0.2) is 0 Å². The average Bonchev–Trinajstić information content (AvgIpc) is 2.46. The first kappa shape index (κ1) is 14.0. The van der Waals surface area contributed by atoms with Crippen molar-refractivity contribution in [1.82, 2.24) is 0 Å². The topological polar surface area (TPSA) is 78.4 Å². The van der Waals surface area contributed by atoms with E-state index in [0.29, 0.717) is 0 Å². The number of hydrogen-bond acceptors (Lipinski definition) is 4. The van der Waals surface area contributed by atoms with Gasteiger partial charge in [-0.05, 0) is 18.1 Å². The number of benzene rings is 2. The fourth-order valence-corrected chi connectivity index (χ4v) is 1.94. The standard InChI is InChI=1S/C15H16N2O3/c1-11-6-5-9-14(17(18)19)15(11)20-10-13(16)12-7-3-2-4-8-12/h2-9,13H,10,16H2,1H3. The normalized spacial score (nSPS) is 11.9. The second-order valence-corrected chi connectivity index (χ2v) is 4.51. The van der Waals surface area contributed by atoms with Crippen LogP contribution in [-0.4, -0.2) is 11.5 Å². The average molecular weight is 272 g/mol. The molecule has 0 aromatic heterocycles. The van der Waals surface area contributed by atoms with Gasteiger partial charge in [0.1, 0.15) is 6.61 Å². The molecule has 104 valence electrons. The first-order chi connectivity index (χ1) is 9.59. The van der Waals surface area contributed by atoms with Crippen LogP contribution < -0.4 is 10.5 Å². The summed E-state index contributed by atoms with van der Waals surface area (Å²) in [4.78, 5) is 10.5. The highest BCUT2D eigenvalue weighted by Crippen LogP contribution is 2.30. The highest BCUT2D eigenvalue weighted by Gasteiger charge is 2.18. The molecule has 2 aromatic carbocycles. The maximum atomic E-state index is 11.0. The van der Waals surface area contributed by atoms with Crippen LogP contribution in [0.1, 0.15) is 17.2 Å². The van der Waals surface area contributed by atoms with Gasteiger partial charge >= 0.3 is 5.69 Å². The number of para-hydroxylation sites is 1. The Morgan fingerprint density at radius 1 is 1.20 bits per heavy atom. The molecule has 0 amide bonds. The monoisotopic (exact) mass is 272 g/mol. The molecular formula is C15H16N2O3. The van der Waals surface area contributed by atoms with E-state index in [9.17, 15) is 10.1 Å². The van der Waals surface area contributed by atoms with Gasteiger partial charge in [-0.1, -0.05) is 42.5 Å². The van der Waals surface area contributed by atoms with Gasteiger partial charge in [0, 0.05) is 6.07 Å². The first-order valence-electron chi connectivity index (χ1n) is 6.27. The van der Waals surface area contributed by atoms with Crippen molar-refractivity contribution in [3.8, 4) is 5.75 Å². The largest absolute Gasteiger partial charge is 0.485 e.